The van der Waals surface area contributed by atoms with Crippen LogP contribution in [0, 0.1) is 13.8 Å². The molecule has 8 aromatic rings. The van der Waals surface area contributed by atoms with E-state index in [1.54, 1.807) is 0 Å². The molecule has 0 saturated carbocycles. The molecule has 0 aliphatic heterocycles. The van der Waals surface area contributed by atoms with Crippen LogP contribution in [0.1, 0.15) is 12.5 Å². The Kier molecular flexibility index (Phi) is 6.82. The maximum atomic E-state index is 6.32. The van der Waals surface area contributed by atoms with Gasteiger partial charge < -0.3 is 9.13 Å². The van der Waals surface area contributed by atoms with Gasteiger partial charge in [-0.1, -0.05) is 91.0 Å². The second-order valence-electron chi connectivity index (χ2n) is 10.9. The van der Waals surface area contributed by atoms with Crippen molar-refractivity contribution < 1.29 is 1.37 Å². The van der Waals surface area contributed by atoms with Gasteiger partial charge in [0, 0.05) is 34.3 Å². The summed E-state index contributed by atoms with van der Waals surface area (Å²) < 4.78 is 11.1. The maximum Gasteiger partial charge on any atom is 0.0709 e. The number of nitrogens with zero attached hydrogens (tertiary/aromatic N) is 2. The van der Waals surface area contributed by atoms with E-state index in [0.29, 0.717) is 0 Å². The SMILES string of the molecule is Cc1cc(-n2c3ccccc3c3ccccc32)ccc1-c1ccc(-n2c3ccccc3c3ccccc32)cc1C.[2H]C([B])P. The Bertz CT molecular complexity index is 2040. The van der Waals surface area contributed by atoms with Crippen LogP contribution in [0.15, 0.2) is 133 Å². The molecule has 2 aromatic heterocycles. The quantitative estimate of drug-likeness (QED) is 0.148. The molecule has 2 unspecified atom stereocenters. The average molecular weight is 571 g/mol. The summed E-state index contributed by atoms with van der Waals surface area (Å²) in [6.45, 7) is 4.46. The molecule has 2 heterocycles. The lowest BCUT2D eigenvalue weighted by atomic mass is 9.95. The predicted octanol–water partition coefficient (Wildman–Crippen LogP) is 10.2. The molecule has 0 saturated heterocycles. The highest BCUT2D eigenvalue weighted by molar-refractivity contribution is 7.19. The van der Waals surface area contributed by atoms with Gasteiger partial charge in [0.1, 0.15) is 0 Å². The Morgan fingerprint density at radius 1 is 0.512 bits per heavy atom. The van der Waals surface area contributed by atoms with Crippen molar-refractivity contribution in [3.05, 3.63) is 145 Å². The van der Waals surface area contributed by atoms with Gasteiger partial charge in [0.25, 0.3) is 0 Å². The van der Waals surface area contributed by atoms with Crippen LogP contribution >= 0.6 is 9.24 Å². The maximum absolute atomic E-state index is 6.32. The van der Waals surface area contributed by atoms with Crippen LogP contribution in [0.2, 0.25) is 0 Å². The molecule has 2 atom stereocenters. The third-order valence-corrected chi connectivity index (χ3v) is 8.39. The first kappa shape index (κ1) is 26.1. The fraction of sp³-hybridized carbons (Fsp3) is 0.0769. The molecular weight excluding hydrogens is 538 g/mol. The van der Waals surface area contributed by atoms with Crippen LogP contribution in [-0.4, -0.2) is 23.0 Å². The zero-order valence-electron chi connectivity index (χ0n) is 25.3. The Hall–Kier alpha value is -4.59. The Morgan fingerprint density at radius 3 is 1.07 bits per heavy atom. The molecular formula is C39H32BN2P. The number of para-hydroxylation sites is 4. The molecule has 2 radical (unpaired) electrons. The van der Waals surface area contributed by atoms with Crippen molar-refractivity contribution in [2.24, 2.45) is 0 Å². The molecule has 43 heavy (non-hydrogen) atoms. The Balaban J connectivity index is 0.000000739. The van der Waals surface area contributed by atoms with Gasteiger partial charge >= 0.3 is 0 Å². The van der Waals surface area contributed by atoms with E-state index in [-0.39, 0.29) is 0 Å². The lowest BCUT2D eigenvalue weighted by Gasteiger charge is -2.15. The second-order valence-corrected chi connectivity index (χ2v) is 11.3. The van der Waals surface area contributed by atoms with Gasteiger partial charge in [0.05, 0.1) is 29.9 Å². The van der Waals surface area contributed by atoms with Gasteiger partial charge in [-0.15, -0.1) is 9.24 Å². The van der Waals surface area contributed by atoms with Crippen molar-refractivity contribution >= 4 is 60.7 Å². The highest BCUT2D eigenvalue weighted by Crippen LogP contribution is 2.36. The number of fused-ring (bicyclic) bond motifs is 6. The summed E-state index contributed by atoms with van der Waals surface area (Å²) in [6.07, 6.45) is 0. The standard InChI is InChI=1S/C38H28N2.CH4BP/c1-25-23-27(39-35-15-7-3-11-31(35)32-12-4-8-16-36(32)39)19-21-29(25)30-22-20-28(24-26(30)2)40-37-17-9-5-13-33(37)34-14-6-10-18-38(34)40;2-1-3/h3-24H,1-2H3;1,3H2/i;1D. The Labute approximate surface area is 257 Å². The van der Waals surface area contributed by atoms with Crippen LogP contribution in [-0.2, 0) is 0 Å². The first-order valence-electron chi connectivity index (χ1n) is 15.1. The highest BCUT2D eigenvalue weighted by atomic mass is 31.0. The third kappa shape index (κ3) is 4.56. The van der Waals surface area contributed by atoms with E-state index in [4.69, 9.17) is 9.22 Å². The average Bonchev–Trinajstić information content (AvgIpc) is 3.54. The normalized spacial score (nSPS) is 12.4. The molecule has 0 aliphatic rings. The predicted molar refractivity (Wildman–Crippen MR) is 190 cm³/mol. The van der Waals surface area contributed by atoms with Crippen LogP contribution < -0.4 is 0 Å². The smallest absolute Gasteiger partial charge is 0.0709 e. The number of aryl methyl sites for hydroxylation is 2. The summed E-state index contributed by atoms with van der Waals surface area (Å²) >= 11 is 0. The van der Waals surface area contributed by atoms with Gasteiger partial charge in [0.2, 0.25) is 0 Å². The van der Waals surface area contributed by atoms with Gasteiger partial charge in [-0.2, -0.15) is 0 Å². The van der Waals surface area contributed by atoms with Crippen molar-refractivity contribution in [3.63, 3.8) is 0 Å². The van der Waals surface area contributed by atoms with Gasteiger partial charge in [-0.25, -0.2) is 0 Å². The van der Waals surface area contributed by atoms with E-state index in [1.807, 2.05) is 0 Å². The van der Waals surface area contributed by atoms with E-state index >= 15 is 0 Å². The Morgan fingerprint density at radius 2 is 0.791 bits per heavy atom. The molecule has 0 aliphatic carbocycles. The molecule has 206 valence electrons. The number of rotatable bonds is 3. The molecule has 0 spiro atoms. The van der Waals surface area contributed by atoms with Crippen LogP contribution in [0.5, 0.6) is 0 Å². The van der Waals surface area contributed by atoms with Crippen molar-refractivity contribution in [2.45, 2.75) is 13.8 Å². The summed E-state index contributed by atoms with van der Waals surface area (Å²) in [5.74, 6) is 0. The van der Waals surface area contributed by atoms with Crippen LogP contribution in [0.4, 0.5) is 0 Å². The highest BCUT2D eigenvalue weighted by Gasteiger charge is 2.15. The monoisotopic (exact) mass is 571 g/mol. The van der Waals surface area contributed by atoms with Crippen molar-refractivity contribution in [1.82, 2.24) is 9.13 Å². The van der Waals surface area contributed by atoms with Crippen LogP contribution in [0.3, 0.4) is 0 Å². The molecule has 0 N–H and O–H groups in total. The van der Waals surface area contributed by atoms with Gasteiger partial charge in [0.15, 0.2) is 0 Å². The fourth-order valence-corrected chi connectivity index (χ4v) is 6.58. The number of aromatic nitrogens is 2. The van der Waals surface area contributed by atoms with Gasteiger partial charge in [-0.05, 0) is 84.6 Å². The molecule has 2 nitrogen and oxygen atoms in total. The molecule has 6 aromatic carbocycles. The van der Waals surface area contributed by atoms with Crippen molar-refractivity contribution in [2.75, 3.05) is 6.04 Å². The number of hydrogen-bond donors (Lipinski definition) is 0. The zero-order valence-corrected chi connectivity index (χ0v) is 25.5. The largest absolute Gasteiger partial charge is 0.309 e. The summed E-state index contributed by atoms with van der Waals surface area (Å²) in [5, 5.41) is 5.15. The van der Waals surface area contributed by atoms with E-state index in [9.17, 15) is 0 Å². The minimum absolute atomic E-state index is 0.500. The molecule has 0 fully saturated rings. The fourth-order valence-electron chi connectivity index (χ4n) is 6.58. The summed E-state index contributed by atoms with van der Waals surface area (Å²) in [4.78, 5) is 0. The molecule has 0 amide bonds. The molecule has 0 bridgehead atoms. The lowest BCUT2D eigenvalue weighted by Crippen LogP contribution is -1.98. The van der Waals surface area contributed by atoms with E-state index in [1.165, 1.54) is 77.2 Å². The minimum Gasteiger partial charge on any atom is -0.309 e. The number of benzene rings is 6. The summed E-state index contributed by atoms with van der Waals surface area (Å²) in [6, 6.07) is 48.0. The third-order valence-electron chi connectivity index (χ3n) is 8.39. The minimum atomic E-state index is -0.500. The second kappa shape index (κ2) is 11.2. The topological polar surface area (TPSA) is 9.86 Å². The molecule has 8 rings (SSSR count). The summed E-state index contributed by atoms with van der Waals surface area (Å²) in [5.41, 5.74) is 12.4. The zero-order chi connectivity index (χ0) is 30.4. The van der Waals surface area contributed by atoms with E-state index in [0.717, 1.165) is 0 Å². The van der Waals surface area contributed by atoms with Crippen LogP contribution in [0.25, 0.3) is 66.1 Å². The van der Waals surface area contributed by atoms with Crippen molar-refractivity contribution in [3.8, 4) is 22.5 Å². The van der Waals surface area contributed by atoms with Gasteiger partial charge in [-0.3, -0.25) is 0 Å². The van der Waals surface area contributed by atoms with E-state index < -0.39 is 6.04 Å². The number of hydrogen-bond acceptors (Lipinski definition) is 0. The molecule has 4 heteroatoms. The summed E-state index contributed by atoms with van der Waals surface area (Å²) in [7, 11) is 6.84. The lowest BCUT2D eigenvalue weighted by molar-refractivity contribution is 1.16. The van der Waals surface area contributed by atoms with Crippen molar-refractivity contribution in [1.29, 1.82) is 0 Å². The first-order chi connectivity index (χ1) is 21.4. The first-order valence-corrected chi connectivity index (χ1v) is 15.2. The van der Waals surface area contributed by atoms with E-state index in [2.05, 4.69) is 166 Å².